The summed E-state index contributed by atoms with van der Waals surface area (Å²) in [5, 5.41) is 18.0. The van der Waals surface area contributed by atoms with Crippen molar-refractivity contribution in [2.45, 2.75) is 38.5 Å². The van der Waals surface area contributed by atoms with E-state index >= 15 is 0 Å². The summed E-state index contributed by atoms with van der Waals surface area (Å²) in [5.74, 6) is 4.03. The summed E-state index contributed by atoms with van der Waals surface area (Å²) < 4.78 is 0. The number of aliphatic hydroxyl groups excluding tert-OH is 2. The SMILES string of the molecule is OCCC1CCN(CCSCCN2CCC(CCO)CC2)CC1. The number of rotatable bonds is 10. The summed E-state index contributed by atoms with van der Waals surface area (Å²) in [5.41, 5.74) is 0. The molecular weight excluding hydrogens is 308 g/mol. The fourth-order valence-electron chi connectivity index (χ4n) is 3.85. The predicted octanol–water partition coefficient (Wildman–Crippen LogP) is 1.91. The zero-order valence-corrected chi connectivity index (χ0v) is 15.5. The Morgan fingerprint density at radius 1 is 0.696 bits per heavy atom. The molecule has 0 aromatic carbocycles. The molecule has 5 heteroatoms. The van der Waals surface area contributed by atoms with Crippen LogP contribution >= 0.6 is 11.8 Å². The van der Waals surface area contributed by atoms with Crippen LogP contribution in [0, 0.1) is 11.8 Å². The first kappa shape index (κ1) is 19.5. The maximum absolute atomic E-state index is 9.00. The molecule has 2 heterocycles. The van der Waals surface area contributed by atoms with Crippen molar-refractivity contribution in [1.29, 1.82) is 0 Å². The molecule has 0 unspecified atom stereocenters. The predicted molar refractivity (Wildman–Crippen MR) is 99.1 cm³/mol. The maximum Gasteiger partial charge on any atom is 0.0433 e. The number of piperidine rings is 2. The Kier molecular flexibility index (Phi) is 9.92. The van der Waals surface area contributed by atoms with Crippen LogP contribution in [-0.2, 0) is 0 Å². The zero-order valence-electron chi connectivity index (χ0n) is 14.7. The maximum atomic E-state index is 9.00. The Morgan fingerprint density at radius 2 is 1.09 bits per heavy atom. The molecule has 0 radical (unpaired) electrons. The summed E-state index contributed by atoms with van der Waals surface area (Å²) in [6, 6.07) is 0. The lowest BCUT2D eigenvalue weighted by atomic mass is 9.94. The van der Waals surface area contributed by atoms with Gasteiger partial charge in [0, 0.05) is 37.8 Å². The van der Waals surface area contributed by atoms with Crippen LogP contribution in [0.5, 0.6) is 0 Å². The van der Waals surface area contributed by atoms with Gasteiger partial charge in [0.15, 0.2) is 0 Å². The number of nitrogens with zero attached hydrogens (tertiary/aromatic N) is 2. The van der Waals surface area contributed by atoms with Gasteiger partial charge >= 0.3 is 0 Å². The molecule has 2 aliphatic rings. The van der Waals surface area contributed by atoms with Gasteiger partial charge in [0.05, 0.1) is 0 Å². The van der Waals surface area contributed by atoms with Crippen molar-refractivity contribution in [1.82, 2.24) is 9.80 Å². The van der Waals surface area contributed by atoms with E-state index in [1.807, 2.05) is 0 Å². The summed E-state index contributed by atoms with van der Waals surface area (Å²) >= 11 is 2.10. The van der Waals surface area contributed by atoms with Gasteiger partial charge in [-0.2, -0.15) is 11.8 Å². The molecule has 0 aliphatic carbocycles. The normalized spacial score (nSPS) is 22.7. The van der Waals surface area contributed by atoms with Crippen LogP contribution in [0.15, 0.2) is 0 Å². The largest absolute Gasteiger partial charge is 0.396 e. The first-order valence-electron chi connectivity index (χ1n) is 9.56. The lowest BCUT2D eigenvalue weighted by molar-refractivity contribution is 0.164. The first-order valence-corrected chi connectivity index (χ1v) is 10.7. The Labute approximate surface area is 146 Å². The van der Waals surface area contributed by atoms with E-state index in [9.17, 15) is 0 Å². The highest BCUT2D eigenvalue weighted by Gasteiger charge is 2.19. The molecule has 2 rings (SSSR count). The number of hydrogen-bond acceptors (Lipinski definition) is 5. The highest BCUT2D eigenvalue weighted by Crippen LogP contribution is 2.21. The van der Waals surface area contributed by atoms with Crippen molar-refractivity contribution in [3.8, 4) is 0 Å². The standard InChI is InChI=1S/C18H36N2O2S/c21-13-5-17-1-7-19(8-2-17)11-15-23-16-12-20-9-3-18(4-10-20)6-14-22/h17-18,21-22H,1-16H2. The number of hydrogen-bond donors (Lipinski definition) is 2. The van der Waals surface area contributed by atoms with Crippen molar-refractivity contribution < 1.29 is 10.2 Å². The molecule has 23 heavy (non-hydrogen) atoms. The molecule has 0 bridgehead atoms. The third-order valence-corrected chi connectivity index (χ3v) is 6.54. The average Bonchev–Trinajstić information content (AvgIpc) is 2.58. The van der Waals surface area contributed by atoms with E-state index in [1.54, 1.807) is 0 Å². The molecule has 0 saturated carbocycles. The molecule has 2 aliphatic heterocycles. The summed E-state index contributed by atoms with van der Waals surface area (Å²) in [7, 11) is 0. The van der Waals surface area contributed by atoms with Gasteiger partial charge in [-0.25, -0.2) is 0 Å². The Balaban J connectivity index is 1.43. The van der Waals surface area contributed by atoms with Crippen molar-refractivity contribution in [3.05, 3.63) is 0 Å². The minimum Gasteiger partial charge on any atom is -0.396 e. The summed E-state index contributed by atoms with van der Waals surface area (Å²) in [6.07, 6.45) is 7.08. The molecule has 2 saturated heterocycles. The summed E-state index contributed by atoms with van der Waals surface area (Å²) in [4.78, 5) is 5.20. The second-order valence-electron chi connectivity index (χ2n) is 7.21. The van der Waals surface area contributed by atoms with Gasteiger partial charge in [0.2, 0.25) is 0 Å². The van der Waals surface area contributed by atoms with Crippen molar-refractivity contribution in [2.24, 2.45) is 11.8 Å². The third kappa shape index (κ3) is 7.74. The van der Waals surface area contributed by atoms with E-state index < -0.39 is 0 Å². The van der Waals surface area contributed by atoms with E-state index in [0.717, 1.165) is 24.7 Å². The molecule has 136 valence electrons. The monoisotopic (exact) mass is 344 g/mol. The van der Waals surface area contributed by atoms with Gasteiger partial charge < -0.3 is 20.0 Å². The molecule has 2 N–H and O–H groups in total. The minimum absolute atomic E-state index is 0.359. The summed E-state index contributed by atoms with van der Waals surface area (Å²) in [6.45, 7) is 8.08. The van der Waals surface area contributed by atoms with Gasteiger partial charge in [-0.05, 0) is 76.5 Å². The molecule has 0 amide bonds. The van der Waals surface area contributed by atoms with E-state index in [0.29, 0.717) is 13.2 Å². The van der Waals surface area contributed by atoms with Gasteiger partial charge in [0.25, 0.3) is 0 Å². The molecule has 0 aromatic rings. The van der Waals surface area contributed by atoms with Crippen molar-refractivity contribution >= 4 is 11.8 Å². The van der Waals surface area contributed by atoms with Gasteiger partial charge in [-0.15, -0.1) is 0 Å². The van der Waals surface area contributed by atoms with Crippen LogP contribution in [0.25, 0.3) is 0 Å². The van der Waals surface area contributed by atoms with Crippen LogP contribution in [0.2, 0.25) is 0 Å². The minimum atomic E-state index is 0.359. The van der Waals surface area contributed by atoms with Gasteiger partial charge in [-0.3, -0.25) is 0 Å². The molecule has 0 atom stereocenters. The van der Waals surface area contributed by atoms with E-state index in [-0.39, 0.29) is 0 Å². The van der Waals surface area contributed by atoms with Crippen LogP contribution in [-0.4, -0.2) is 84.0 Å². The molecule has 0 aromatic heterocycles. The Morgan fingerprint density at radius 3 is 1.43 bits per heavy atom. The van der Waals surface area contributed by atoms with Crippen molar-refractivity contribution in [2.75, 3.05) is 64.0 Å². The third-order valence-electron chi connectivity index (χ3n) is 5.59. The second-order valence-corrected chi connectivity index (χ2v) is 8.43. The fourth-order valence-corrected chi connectivity index (χ4v) is 4.83. The first-order chi connectivity index (χ1) is 11.3. The highest BCUT2D eigenvalue weighted by molar-refractivity contribution is 7.99. The molecule has 2 fully saturated rings. The van der Waals surface area contributed by atoms with Crippen LogP contribution in [0.1, 0.15) is 38.5 Å². The Bertz CT molecular complexity index is 263. The van der Waals surface area contributed by atoms with E-state index in [1.165, 1.54) is 76.5 Å². The smallest absolute Gasteiger partial charge is 0.0433 e. The second kappa shape index (κ2) is 11.7. The number of likely N-dealkylation sites (tertiary alicyclic amines) is 2. The topological polar surface area (TPSA) is 46.9 Å². The molecule has 0 spiro atoms. The number of aliphatic hydroxyl groups is 2. The quantitative estimate of drug-likeness (QED) is 0.593. The average molecular weight is 345 g/mol. The zero-order chi connectivity index (χ0) is 16.3. The van der Waals surface area contributed by atoms with Crippen LogP contribution in [0.3, 0.4) is 0 Å². The van der Waals surface area contributed by atoms with Gasteiger partial charge in [0.1, 0.15) is 0 Å². The number of thioether (sulfide) groups is 1. The Hall–Kier alpha value is 0.190. The van der Waals surface area contributed by atoms with E-state index in [2.05, 4.69) is 21.6 Å². The van der Waals surface area contributed by atoms with Crippen LogP contribution < -0.4 is 0 Å². The van der Waals surface area contributed by atoms with Crippen molar-refractivity contribution in [3.63, 3.8) is 0 Å². The van der Waals surface area contributed by atoms with E-state index in [4.69, 9.17) is 10.2 Å². The van der Waals surface area contributed by atoms with Crippen LogP contribution in [0.4, 0.5) is 0 Å². The lowest BCUT2D eigenvalue weighted by Gasteiger charge is -2.32. The lowest BCUT2D eigenvalue weighted by Crippen LogP contribution is -2.36. The van der Waals surface area contributed by atoms with Gasteiger partial charge in [-0.1, -0.05) is 0 Å². The molecule has 4 nitrogen and oxygen atoms in total. The molecular formula is C18H36N2O2S. The highest BCUT2D eigenvalue weighted by atomic mass is 32.2. The fraction of sp³-hybridized carbons (Fsp3) is 1.00.